The van der Waals surface area contributed by atoms with Crippen molar-refractivity contribution in [3.05, 3.63) is 42.3 Å². The average molecular weight is 368 g/mol. The first-order valence-electron chi connectivity index (χ1n) is 8.28. The van der Waals surface area contributed by atoms with E-state index < -0.39 is 5.91 Å². The van der Waals surface area contributed by atoms with E-state index in [9.17, 15) is 9.59 Å². The molecule has 0 atom stereocenters. The molecule has 1 aliphatic heterocycles. The summed E-state index contributed by atoms with van der Waals surface area (Å²) in [5.74, 6) is -0.173. The summed E-state index contributed by atoms with van der Waals surface area (Å²) in [6.45, 7) is 0.750. The number of hydrogen-bond acceptors (Lipinski definition) is 7. The topological polar surface area (TPSA) is 124 Å². The number of ether oxygens (including phenoxy) is 1. The Morgan fingerprint density at radius 3 is 3.04 bits per heavy atom. The standard InChI is InChI=1S/C17H16N6O4/c1-23-8-11-14(22-23)16(25)19-4-2-6-26-13-7-18-5-3-10(13)17-21-12(9-27-17)15(24)20-11/h3,5,7-9H,2,4,6H2,1H3,(H,19,25)(H,20,24). The van der Waals surface area contributed by atoms with Gasteiger partial charge < -0.3 is 19.8 Å². The second-order valence-electron chi connectivity index (χ2n) is 5.89. The van der Waals surface area contributed by atoms with Gasteiger partial charge in [0.15, 0.2) is 11.4 Å². The van der Waals surface area contributed by atoms with Crippen LogP contribution >= 0.6 is 0 Å². The molecular formula is C17H16N6O4. The third kappa shape index (κ3) is 3.36. The molecule has 0 unspecified atom stereocenters. The molecule has 1 aliphatic rings. The third-order valence-electron chi connectivity index (χ3n) is 3.91. The van der Waals surface area contributed by atoms with Crippen molar-refractivity contribution in [3.8, 4) is 17.2 Å². The lowest BCUT2D eigenvalue weighted by molar-refractivity contribution is 0.0946. The van der Waals surface area contributed by atoms with Crippen LogP contribution < -0.4 is 15.4 Å². The smallest absolute Gasteiger partial charge is 0.277 e. The van der Waals surface area contributed by atoms with Crippen LogP contribution in [0.3, 0.4) is 0 Å². The Bertz CT molecular complexity index is 1010. The van der Waals surface area contributed by atoms with E-state index in [1.807, 2.05) is 0 Å². The molecule has 0 aliphatic carbocycles. The Balaban J connectivity index is 1.72. The van der Waals surface area contributed by atoms with Gasteiger partial charge in [-0.05, 0) is 12.5 Å². The summed E-state index contributed by atoms with van der Waals surface area (Å²) in [6, 6.07) is 1.70. The first kappa shape index (κ1) is 16.8. The number of pyridine rings is 1. The molecule has 0 fully saturated rings. The van der Waals surface area contributed by atoms with Crippen molar-refractivity contribution in [1.29, 1.82) is 0 Å². The number of carbonyl (C=O) groups is 2. The van der Waals surface area contributed by atoms with Gasteiger partial charge in [-0.2, -0.15) is 5.10 Å². The predicted octanol–water partition coefficient (Wildman–Crippen LogP) is 1.23. The van der Waals surface area contributed by atoms with Gasteiger partial charge in [0.1, 0.15) is 12.0 Å². The maximum absolute atomic E-state index is 12.5. The number of aromatic nitrogens is 4. The lowest BCUT2D eigenvalue weighted by atomic mass is 10.2. The maximum atomic E-state index is 12.5. The second-order valence-corrected chi connectivity index (χ2v) is 5.89. The predicted molar refractivity (Wildman–Crippen MR) is 93.3 cm³/mol. The maximum Gasteiger partial charge on any atom is 0.277 e. The summed E-state index contributed by atoms with van der Waals surface area (Å²) >= 11 is 0. The second kappa shape index (κ2) is 6.90. The summed E-state index contributed by atoms with van der Waals surface area (Å²) in [5, 5.41) is 9.53. The van der Waals surface area contributed by atoms with Crippen LogP contribution in [0.2, 0.25) is 0 Å². The SMILES string of the molecule is Cn1cc2c(n1)C(=O)NCCCOc1cnccc1-c1nc(co1)C(=O)N2. The van der Waals surface area contributed by atoms with Gasteiger partial charge >= 0.3 is 0 Å². The average Bonchev–Trinajstić information content (AvgIpc) is 3.28. The van der Waals surface area contributed by atoms with Crippen LogP contribution in [0.1, 0.15) is 27.4 Å². The number of aryl methyl sites for hydroxylation is 1. The first-order chi connectivity index (χ1) is 13.1. The van der Waals surface area contributed by atoms with E-state index in [0.29, 0.717) is 36.6 Å². The van der Waals surface area contributed by atoms with E-state index >= 15 is 0 Å². The van der Waals surface area contributed by atoms with Crippen LogP contribution in [-0.2, 0) is 7.05 Å². The molecule has 0 saturated carbocycles. The van der Waals surface area contributed by atoms with Gasteiger partial charge in [0, 0.05) is 26.0 Å². The monoisotopic (exact) mass is 368 g/mol. The normalized spacial score (nSPS) is 14.7. The number of nitrogens with one attached hydrogen (secondary N) is 2. The van der Waals surface area contributed by atoms with Crippen molar-refractivity contribution in [1.82, 2.24) is 25.1 Å². The van der Waals surface area contributed by atoms with Crippen LogP contribution in [0.4, 0.5) is 5.69 Å². The quantitative estimate of drug-likeness (QED) is 0.611. The zero-order chi connectivity index (χ0) is 18.8. The highest BCUT2D eigenvalue weighted by molar-refractivity contribution is 6.07. The zero-order valence-corrected chi connectivity index (χ0v) is 14.4. The van der Waals surface area contributed by atoms with E-state index in [4.69, 9.17) is 9.15 Å². The van der Waals surface area contributed by atoms with Gasteiger partial charge in [-0.15, -0.1) is 0 Å². The molecule has 138 valence electrons. The summed E-state index contributed by atoms with van der Waals surface area (Å²) in [5.41, 5.74) is 1.07. The number of anilines is 1. The number of rotatable bonds is 0. The van der Waals surface area contributed by atoms with Crippen molar-refractivity contribution in [3.63, 3.8) is 0 Å². The number of oxazole rings is 1. The van der Waals surface area contributed by atoms with Gasteiger partial charge in [-0.25, -0.2) is 4.98 Å². The van der Waals surface area contributed by atoms with Crippen molar-refractivity contribution in [2.45, 2.75) is 6.42 Å². The molecule has 3 aromatic heterocycles. The fraction of sp³-hybridized carbons (Fsp3) is 0.235. The summed E-state index contributed by atoms with van der Waals surface area (Å²) < 4.78 is 12.6. The minimum atomic E-state index is -0.515. The van der Waals surface area contributed by atoms with Crippen LogP contribution in [0, 0.1) is 0 Å². The lowest BCUT2D eigenvalue weighted by Crippen LogP contribution is -2.27. The summed E-state index contributed by atoms with van der Waals surface area (Å²) in [4.78, 5) is 33.2. The van der Waals surface area contributed by atoms with Gasteiger partial charge in [0.25, 0.3) is 11.8 Å². The number of amides is 2. The molecule has 10 nitrogen and oxygen atoms in total. The Hall–Kier alpha value is -3.69. The van der Waals surface area contributed by atoms with Gasteiger partial charge in [0.05, 0.1) is 24.1 Å². The summed E-state index contributed by atoms with van der Waals surface area (Å²) in [7, 11) is 1.66. The number of carbonyl (C=O) groups excluding carboxylic acids is 2. The highest BCUT2D eigenvalue weighted by atomic mass is 16.5. The van der Waals surface area contributed by atoms with Gasteiger partial charge in [-0.3, -0.25) is 19.3 Å². The molecule has 2 N–H and O–H groups in total. The molecule has 2 amide bonds. The molecule has 10 heteroatoms. The molecule has 2 bridgehead atoms. The first-order valence-corrected chi connectivity index (χ1v) is 8.28. The lowest BCUT2D eigenvalue weighted by Gasteiger charge is -2.09. The molecule has 4 rings (SSSR count). The number of hydrogen-bond donors (Lipinski definition) is 2. The minimum Gasteiger partial charge on any atom is -0.491 e. The van der Waals surface area contributed by atoms with Gasteiger partial charge in [-0.1, -0.05) is 0 Å². The molecule has 0 aromatic carbocycles. The Morgan fingerprint density at radius 2 is 2.15 bits per heavy atom. The molecule has 0 saturated heterocycles. The highest BCUT2D eigenvalue weighted by Crippen LogP contribution is 2.28. The van der Waals surface area contributed by atoms with E-state index in [-0.39, 0.29) is 23.2 Å². The van der Waals surface area contributed by atoms with Crippen LogP contribution in [0.25, 0.3) is 11.5 Å². The largest absolute Gasteiger partial charge is 0.491 e. The van der Waals surface area contributed by atoms with E-state index in [2.05, 4.69) is 25.7 Å². The van der Waals surface area contributed by atoms with Crippen molar-refractivity contribution < 1.29 is 18.7 Å². The van der Waals surface area contributed by atoms with Crippen molar-refractivity contribution in [2.75, 3.05) is 18.5 Å². The fourth-order valence-electron chi connectivity index (χ4n) is 2.65. The van der Waals surface area contributed by atoms with Crippen molar-refractivity contribution >= 4 is 17.5 Å². The van der Waals surface area contributed by atoms with E-state index in [0.717, 1.165) is 0 Å². The fourth-order valence-corrected chi connectivity index (χ4v) is 2.65. The number of nitrogens with zero attached hydrogens (tertiary/aromatic N) is 4. The van der Waals surface area contributed by atoms with E-state index in [1.165, 1.54) is 10.9 Å². The Morgan fingerprint density at radius 1 is 1.26 bits per heavy atom. The Kier molecular flexibility index (Phi) is 4.29. The highest BCUT2D eigenvalue weighted by Gasteiger charge is 2.21. The minimum absolute atomic E-state index is 0.0674. The molecule has 27 heavy (non-hydrogen) atoms. The number of fused-ring (bicyclic) bond motifs is 5. The zero-order valence-electron chi connectivity index (χ0n) is 14.4. The molecule has 0 spiro atoms. The molecule has 4 heterocycles. The summed E-state index contributed by atoms with van der Waals surface area (Å²) in [6.07, 6.45) is 6.51. The Labute approximate surface area is 153 Å². The van der Waals surface area contributed by atoms with Crippen LogP contribution in [0.15, 0.2) is 35.3 Å². The van der Waals surface area contributed by atoms with Gasteiger partial charge in [0.2, 0.25) is 5.89 Å². The van der Waals surface area contributed by atoms with Crippen molar-refractivity contribution in [2.24, 2.45) is 7.05 Å². The molecule has 0 radical (unpaired) electrons. The third-order valence-corrected chi connectivity index (χ3v) is 3.91. The van der Waals surface area contributed by atoms with Crippen LogP contribution in [-0.4, -0.2) is 44.7 Å². The van der Waals surface area contributed by atoms with Crippen LogP contribution in [0.5, 0.6) is 5.75 Å². The molecule has 3 aromatic rings. The van der Waals surface area contributed by atoms with E-state index in [1.54, 1.807) is 31.7 Å². The molecular weight excluding hydrogens is 352 g/mol.